The molecule has 2 aliphatic rings. The number of rotatable bonds is 6. The van der Waals surface area contributed by atoms with Crippen LogP contribution in [0.1, 0.15) is 26.7 Å². The highest BCUT2D eigenvalue weighted by Crippen LogP contribution is 2.31. The summed E-state index contributed by atoms with van der Waals surface area (Å²) in [5.41, 5.74) is -0.507. The second-order valence-electron chi connectivity index (χ2n) is 5.75. The highest BCUT2D eigenvalue weighted by molar-refractivity contribution is 5.76. The topological polar surface area (TPSA) is 70.1 Å². The fraction of sp³-hybridized carbons (Fsp3) is 0.846. The number of aliphatic carboxylic acids is 1. The summed E-state index contributed by atoms with van der Waals surface area (Å²) < 4.78 is 5.30. The molecule has 6 heteroatoms. The Hall–Kier alpha value is -1.30. The molecule has 2 rings (SSSR count). The molecule has 2 fully saturated rings. The molecule has 108 valence electrons. The van der Waals surface area contributed by atoms with Gasteiger partial charge in [-0.2, -0.15) is 0 Å². The molecule has 0 unspecified atom stereocenters. The number of hydrogen-bond donors (Lipinski definition) is 1. The second-order valence-corrected chi connectivity index (χ2v) is 5.75. The molecular formula is C13H22N2O4. The van der Waals surface area contributed by atoms with Gasteiger partial charge in [-0.1, -0.05) is 0 Å². The normalized spacial score (nSPS) is 20.8. The minimum absolute atomic E-state index is 0.0470. The lowest BCUT2D eigenvalue weighted by atomic mass is 9.97. The van der Waals surface area contributed by atoms with Crippen molar-refractivity contribution in [2.24, 2.45) is 5.92 Å². The van der Waals surface area contributed by atoms with Crippen molar-refractivity contribution in [3.05, 3.63) is 0 Å². The number of carboxylic acids is 1. The maximum absolute atomic E-state index is 12.2. The van der Waals surface area contributed by atoms with E-state index in [1.807, 2.05) is 18.7 Å². The minimum Gasteiger partial charge on any atom is -0.480 e. The Bertz CT molecular complexity index is 362. The number of hydrogen-bond acceptors (Lipinski definition) is 3. The molecule has 1 saturated heterocycles. The van der Waals surface area contributed by atoms with Crippen LogP contribution in [0.2, 0.25) is 0 Å². The first-order chi connectivity index (χ1) is 8.93. The molecule has 0 aromatic carbocycles. The average Bonchev–Trinajstić information content (AvgIpc) is 3.13. The Labute approximate surface area is 113 Å². The summed E-state index contributed by atoms with van der Waals surface area (Å²) in [5.74, 6) is -0.297. The highest BCUT2D eigenvalue weighted by Gasteiger charge is 2.44. The maximum Gasteiger partial charge on any atom is 0.329 e. The standard InChI is InChI=1S/C13H22N2O4/c1-3-14(6-10-4-5-10)12(18)15-8-13(2,9-15)19-7-11(16)17/h10H,3-9H2,1-2H3,(H,16,17). The van der Waals surface area contributed by atoms with E-state index in [1.54, 1.807) is 4.90 Å². The van der Waals surface area contributed by atoms with Crippen LogP contribution < -0.4 is 0 Å². The average molecular weight is 270 g/mol. The van der Waals surface area contributed by atoms with Gasteiger partial charge in [-0.25, -0.2) is 9.59 Å². The summed E-state index contributed by atoms with van der Waals surface area (Å²) in [6, 6.07) is 0.0470. The van der Waals surface area contributed by atoms with Crippen molar-refractivity contribution in [1.82, 2.24) is 9.80 Å². The van der Waals surface area contributed by atoms with Gasteiger partial charge in [-0.15, -0.1) is 0 Å². The van der Waals surface area contributed by atoms with Crippen molar-refractivity contribution in [2.75, 3.05) is 32.8 Å². The van der Waals surface area contributed by atoms with Crippen LogP contribution >= 0.6 is 0 Å². The number of likely N-dealkylation sites (tertiary alicyclic amines) is 1. The van der Waals surface area contributed by atoms with Gasteiger partial charge < -0.3 is 19.6 Å². The SMILES string of the molecule is CCN(CC1CC1)C(=O)N1CC(C)(OCC(=O)O)C1. The van der Waals surface area contributed by atoms with Crippen molar-refractivity contribution in [2.45, 2.75) is 32.3 Å². The number of nitrogens with zero attached hydrogens (tertiary/aromatic N) is 2. The van der Waals surface area contributed by atoms with E-state index in [0.29, 0.717) is 19.0 Å². The Morgan fingerprint density at radius 2 is 2.05 bits per heavy atom. The summed E-state index contributed by atoms with van der Waals surface area (Å²) in [6.07, 6.45) is 2.45. The zero-order valence-electron chi connectivity index (χ0n) is 11.6. The summed E-state index contributed by atoms with van der Waals surface area (Å²) >= 11 is 0. The lowest BCUT2D eigenvalue weighted by molar-refractivity contribution is -0.160. The molecule has 1 saturated carbocycles. The smallest absolute Gasteiger partial charge is 0.329 e. The number of carbonyl (C=O) groups excluding carboxylic acids is 1. The predicted molar refractivity (Wildman–Crippen MR) is 68.9 cm³/mol. The van der Waals surface area contributed by atoms with Gasteiger partial charge in [0.25, 0.3) is 0 Å². The van der Waals surface area contributed by atoms with E-state index in [-0.39, 0.29) is 12.6 Å². The molecule has 1 heterocycles. The van der Waals surface area contributed by atoms with Crippen LogP contribution in [0.15, 0.2) is 0 Å². The summed E-state index contributed by atoms with van der Waals surface area (Å²) in [4.78, 5) is 26.3. The number of carboxylic acid groups (broad SMARTS) is 1. The van der Waals surface area contributed by atoms with Crippen molar-refractivity contribution in [1.29, 1.82) is 0 Å². The van der Waals surface area contributed by atoms with Crippen LogP contribution in [0.5, 0.6) is 0 Å². The van der Waals surface area contributed by atoms with Crippen LogP contribution in [-0.4, -0.2) is 65.3 Å². The van der Waals surface area contributed by atoms with Gasteiger partial charge in [-0.3, -0.25) is 0 Å². The van der Waals surface area contributed by atoms with Gasteiger partial charge in [0.05, 0.1) is 13.1 Å². The van der Waals surface area contributed by atoms with Crippen LogP contribution in [0, 0.1) is 5.92 Å². The molecule has 19 heavy (non-hydrogen) atoms. The van der Waals surface area contributed by atoms with E-state index in [2.05, 4.69) is 0 Å². The van der Waals surface area contributed by atoms with Crippen LogP contribution in [-0.2, 0) is 9.53 Å². The fourth-order valence-electron chi connectivity index (χ4n) is 2.38. The van der Waals surface area contributed by atoms with Crippen molar-refractivity contribution in [3.8, 4) is 0 Å². The van der Waals surface area contributed by atoms with E-state index < -0.39 is 11.6 Å². The van der Waals surface area contributed by atoms with Gasteiger partial charge in [0.15, 0.2) is 0 Å². The van der Waals surface area contributed by atoms with E-state index in [0.717, 1.165) is 13.1 Å². The van der Waals surface area contributed by atoms with Crippen molar-refractivity contribution in [3.63, 3.8) is 0 Å². The monoisotopic (exact) mass is 270 g/mol. The first-order valence-corrected chi connectivity index (χ1v) is 6.83. The van der Waals surface area contributed by atoms with Crippen molar-refractivity contribution >= 4 is 12.0 Å². The first kappa shape index (κ1) is 14.1. The largest absolute Gasteiger partial charge is 0.480 e. The molecule has 0 aromatic rings. The van der Waals surface area contributed by atoms with Gasteiger partial charge >= 0.3 is 12.0 Å². The van der Waals surface area contributed by atoms with Gasteiger partial charge in [0.1, 0.15) is 12.2 Å². The number of carbonyl (C=O) groups is 2. The Balaban J connectivity index is 1.77. The molecule has 1 N–H and O–H groups in total. The third kappa shape index (κ3) is 3.59. The quantitative estimate of drug-likeness (QED) is 0.782. The molecule has 2 amide bonds. The lowest BCUT2D eigenvalue weighted by Gasteiger charge is -2.48. The van der Waals surface area contributed by atoms with Gasteiger partial charge in [0, 0.05) is 13.1 Å². The molecule has 0 radical (unpaired) electrons. The van der Waals surface area contributed by atoms with E-state index in [4.69, 9.17) is 9.84 Å². The van der Waals surface area contributed by atoms with Gasteiger partial charge in [0.2, 0.25) is 0 Å². The zero-order chi connectivity index (χ0) is 14.0. The van der Waals surface area contributed by atoms with E-state index in [1.165, 1.54) is 12.8 Å². The highest BCUT2D eigenvalue weighted by atomic mass is 16.5. The van der Waals surface area contributed by atoms with Crippen LogP contribution in [0.4, 0.5) is 4.79 Å². The fourth-order valence-corrected chi connectivity index (χ4v) is 2.38. The minimum atomic E-state index is -0.977. The number of amides is 2. The Kier molecular flexibility index (Phi) is 3.99. The maximum atomic E-state index is 12.2. The molecule has 0 bridgehead atoms. The summed E-state index contributed by atoms with van der Waals surface area (Å²) in [7, 11) is 0. The first-order valence-electron chi connectivity index (χ1n) is 6.83. The zero-order valence-corrected chi connectivity index (χ0v) is 11.6. The molecule has 0 atom stereocenters. The Morgan fingerprint density at radius 1 is 1.42 bits per heavy atom. The lowest BCUT2D eigenvalue weighted by Crippen LogP contribution is -2.65. The second kappa shape index (κ2) is 5.36. The van der Waals surface area contributed by atoms with Crippen molar-refractivity contribution < 1.29 is 19.4 Å². The van der Waals surface area contributed by atoms with E-state index >= 15 is 0 Å². The third-order valence-corrected chi connectivity index (χ3v) is 3.69. The predicted octanol–water partition coefficient (Wildman–Crippen LogP) is 1.01. The van der Waals surface area contributed by atoms with E-state index in [9.17, 15) is 9.59 Å². The molecular weight excluding hydrogens is 248 g/mol. The van der Waals surface area contributed by atoms with Crippen LogP contribution in [0.25, 0.3) is 0 Å². The molecule has 0 spiro atoms. The van der Waals surface area contributed by atoms with Crippen LogP contribution in [0.3, 0.4) is 0 Å². The third-order valence-electron chi connectivity index (χ3n) is 3.69. The molecule has 0 aromatic heterocycles. The number of ether oxygens (including phenoxy) is 1. The summed E-state index contributed by atoms with van der Waals surface area (Å²) in [6.45, 7) is 6.03. The Morgan fingerprint density at radius 3 is 2.53 bits per heavy atom. The van der Waals surface area contributed by atoms with Gasteiger partial charge in [-0.05, 0) is 32.6 Å². The molecule has 6 nitrogen and oxygen atoms in total. The summed E-state index contributed by atoms with van der Waals surface area (Å²) in [5, 5.41) is 8.59. The number of urea groups is 1. The molecule has 1 aliphatic carbocycles. The molecule has 1 aliphatic heterocycles.